The Balaban J connectivity index is 1.71. The van der Waals surface area contributed by atoms with Crippen molar-refractivity contribution in [1.29, 1.82) is 0 Å². The fourth-order valence-electron chi connectivity index (χ4n) is 2.39. The third-order valence-corrected chi connectivity index (χ3v) is 6.45. The first-order valence-corrected chi connectivity index (χ1v) is 10.4. The molecule has 26 heavy (non-hydrogen) atoms. The van der Waals surface area contributed by atoms with Gasteiger partial charge < -0.3 is 32.3 Å². The van der Waals surface area contributed by atoms with Crippen molar-refractivity contribution in [3.8, 4) is 0 Å². The molecule has 0 fully saturated rings. The summed E-state index contributed by atoms with van der Waals surface area (Å²) in [7, 11) is -3.04. The number of hydrogen-bond donors (Lipinski definition) is 1. The molecule has 0 amide bonds. The molecule has 8 heteroatoms. The number of rotatable bonds is 12. The van der Waals surface area contributed by atoms with Gasteiger partial charge in [0.05, 0.1) is 38.6 Å². The summed E-state index contributed by atoms with van der Waals surface area (Å²) in [6, 6.07) is 11.6. The van der Waals surface area contributed by atoms with Crippen LogP contribution in [0.1, 0.15) is 23.7 Å². The van der Waals surface area contributed by atoms with Crippen LogP contribution in [-0.4, -0.2) is 15.3 Å². The van der Waals surface area contributed by atoms with Gasteiger partial charge in [-0.05, 0) is 49.4 Å². The lowest BCUT2D eigenvalue weighted by Gasteiger charge is -2.29. The summed E-state index contributed by atoms with van der Waals surface area (Å²) in [5.41, 5.74) is 5.71. The Hall–Kier alpha value is -2.10. The highest BCUT2D eigenvalue weighted by atomic mass is 28.4. The highest BCUT2D eigenvalue weighted by molar-refractivity contribution is 6.60. The molecule has 0 saturated heterocycles. The summed E-state index contributed by atoms with van der Waals surface area (Å²) in [6.07, 6.45) is 5.54. The first-order valence-electron chi connectivity index (χ1n) is 8.49. The Morgan fingerprint density at radius 2 is 1.15 bits per heavy atom. The summed E-state index contributed by atoms with van der Waals surface area (Å²) in [4.78, 5) is 0. The van der Waals surface area contributed by atoms with E-state index in [2.05, 4.69) is 0 Å². The topological polar surface area (TPSA) is 93.1 Å². The van der Waals surface area contributed by atoms with Gasteiger partial charge in [-0.15, -0.1) is 0 Å². The molecular weight excluding hydrogens is 354 g/mol. The summed E-state index contributed by atoms with van der Waals surface area (Å²) in [6.45, 7) is 1.31. The monoisotopic (exact) mass is 377 g/mol. The van der Waals surface area contributed by atoms with Crippen LogP contribution in [0.15, 0.2) is 68.4 Å². The average molecular weight is 377 g/mol. The second-order valence-electron chi connectivity index (χ2n) is 5.68. The van der Waals surface area contributed by atoms with Crippen molar-refractivity contribution in [1.82, 2.24) is 0 Å². The summed E-state index contributed by atoms with van der Waals surface area (Å²) >= 11 is 0. The van der Waals surface area contributed by atoms with Gasteiger partial charge >= 0.3 is 8.80 Å². The van der Waals surface area contributed by atoms with Crippen LogP contribution in [0.25, 0.3) is 0 Å². The molecule has 2 N–H and O–H groups in total. The molecule has 0 aliphatic rings. The first kappa shape index (κ1) is 18.7. The maximum atomic E-state index is 6.13. The second kappa shape index (κ2) is 9.55. The van der Waals surface area contributed by atoms with Gasteiger partial charge in [0, 0.05) is 6.04 Å². The maximum absolute atomic E-state index is 6.13. The number of nitrogens with two attached hydrogens (primary N) is 1. The number of furan rings is 3. The molecular formula is C18H23NO6Si. The summed E-state index contributed by atoms with van der Waals surface area (Å²) in [5.74, 6) is 2.12. The predicted octanol–water partition coefficient (Wildman–Crippen LogP) is 3.70. The van der Waals surface area contributed by atoms with Crippen molar-refractivity contribution in [2.24, 2.45) is 5.73 Å². The van der Waals surface area contributed by atoms with Crippen LogP contribution < -0.4 is 5.73 Å². The van der Waals surface area contributed by atoms with Crippen molar-refractivity contribution in [3.63, 3.8) is 0 Å². The first-order chi connectivity index (χ1) is 12.8. The van der Waals surface area contributed by atoms with Crippen molar-refractivity contribution >= 4 is 8.80 Å². The molecule has 3 heterocycles. The van der Waals surface area contributed by atoms with E-state index in [-0.39, 0.29) is 19.8 Å². The van der Waals surface area contributed by atoms with Gasteiger partial charge in [0.15, 0.2) is 0 Å². The van der Waals surface area contributed by atoms with Crippen molar-refractivity contribution in [2.45, 2.75) is 32.3 Å². The average Bonchev–Trinajstić information content (AvgIpc) is 3.43. The van der Waals surface area contributed by atoms with E-state index in [1.54, 1.807) is 18.8 Å². The molecule has 0 atom stereocenters. The minimum absolute atomic E-state index is 0.264. The van der Waals surface area contributed by atoms with Gasteiger partial charge in [-0.25, -0.2) is 0 Å². The van der Waals surface area contributed by atoms with Gasteiger partial charge in [0.2, 0.25) is 0 Å². The lowest BCUT2D eigenvalue weighted by molar-refractivity contribution is 0.0303. The molecule has 140 valence electrons. The predicted molar refractivity (Wildman–Crippen MR) is 94.7 cm³/mol. The van der Waals surface area contributed by atoms with Gasteiger partial charge in [-0.3, -0.25) is 0 Å². The zero-order valence-electron chi connectivity index (χ0n) is 14.5. The largest absolute Gasteiger partial charge is 0.502 e. The van der Waals surface area contributed by atoms with Gasteiger partial charge in [0.25, 0.3) is 0 Å². The molecule has 0 unspecified atom stereocenters. The van der Waals surface area contributed by atoms with E-state index >= 15 is 0 Å². The Bertz CT molecular complexity index is 617. The lowest BCUT2D eigenvalue weighted by Crippen LogP contribution is -2.45. The van der Waals surface area contributed by atoms with Crippen LogP contribution in [-0.2, 0) is 33.1 Å². The standard InChI is InChI=1S/C18H23NO6Si/c19-8-4-12-26(23-13-16-5-1-9-20-16,24-14-17-6-2-10-21-17)25-15-18-7-3-11-22-18/h1-3,5-7,9-11H,4,8,12-15,19H2. The Labute approximate surface area is 153 Å². The van der Waals surface area contributed by atoms with Crippen LogP contribution in [0.4, 0.5) is 0 Å². The molecule has 3 rings (SSSR count). The van der Waals surface area contributed by atoms with Crippen LogP contribution in [0.2, 0.25) is 6.04 Å². The van der Waals surface area contributed by atoms with E-state index in [0.29, 0.717) is 29.9 Å². The fourth-order valence-corrected chi connectivity index (χ4v) is 4.79. The van der Waals surface area contributed by atoms with Gasteiger partial charge in [0.1, 0.15) is 17.3 Å². The van der Waals surface area contributed by atoms with E-state index < -0.39 is 8.80 Å². The Kier molecular flexibility index (Phi) is 6.87. The third kappa shape index (κ3) is 5.45. The molecule has 0 saturated carbocycles. The van der Waals surface area contributed by atoms with Crippen LogP contribution in [0.3, 0.4) is 0 Å². The van der Waals surface area contributed by atoms with Crippen LogP contribution >= 0.6 is 0 Å². The normalized spacial score (nSPS) is 11.9. The van der Waals surface area contributed by atoms with Crippen molar-refractivity contribution in [2.75, 3.05) is 6.54 Å². The molecule has 0 aromatic carbocycles. The highest BCUT2D eigenvalue weighted by Crippen LogP contribution is 2.23. The molecule has 7 nitrogen and oxygen atoms in total. The van der Waals surface area contributed by atoms with Gasteiger partial charge in [-0.1, -0.05) is 0 Å². The van der Waals surface area contributed by atoms with Crippen LogP contribution in [0.5, 0.6) is 0 Å². The molecule has 3 aromatic rings. The van der Waals surface area contributed by atoms with E-state index in [9.17, 15) is 0 Å². The Morgan fingerprint density at radius 1 is 0.731 bits per heavy atom. The summed E-state index contributed by atoms with van der Waals surface area (Å²) < 4.78 is 34.5. The minimum atomic E-state index is -3.04. The molecule has 0 aliphatic heterocycles. The lowest BCUT2D eigenvalue weighted by atomic mass is 10.5. The Morgan fingerprint density at radius 3 is 1.46 bits per heavy atom. The summed E-state index contributed by atoms with van der Waals surface area (Å²) in [5, 5.41) is 0. The zero-order chi connectivity index (χ0) is 18.1. The molecule has 0 radical (unpaired) electrons. The van der Waals surface area contributed by atoms with Gasteiger partial charge in [-0.2, -0.15) is 0 Å². The maximum Gasteiger partial charge on any atom is 0.502 e. The van der Waals surface area contributed by atoms with E-state index in [1.165, 1.54) is 0 Å². The highest BCUT2D eigenvalue weighted by Gasteiger charge is 2.41. The smallest absolute Gasteiger partial charge is 0.467 e. The van der Waals surface area contributed by atoms with E-state index in [4.69, 9.17) is 32.3 Å². The molecule has 0 bridgehead atoms. The van der Waals surface area contributed by atoms with Crippen molar-refractivity contribution in [3.05, 3.63) is 72.5 Å². The minimum Gasteiger partial charge on any atom is -0.467 e. The SMILES string of the molecule is NCCC[Si](OCc1ccco1)(OCc1ccco1)OCc1ccco1. The zero-order valence-corrected chi connectivity index (χ0v) is 15.5. The third-order valence-electron chi connectivity index (χ3n) is 3.73. The van der Waals surface area contributed by atoms with Crippen molar-refractivity contribution < 1.29 is 26.5 Å². The fraction of sp³-hybridized carbons (Fsp3) is 0.333. The van der Waals surface area contributed by atoms with E-state index in [0.717, 1.165) is 6.42 Å². The molecule has 0 spiro atoms. The molecule has 0 aliphatic carbocycles. The quantitative estimate of drug-likeness (QED) is 0.481. The molecule has 3 aromatic heterocycles. The second-order valence-corrected chi connectivity index (χ2v) is 8.41. The van der Waals surface area contributed by atoms with Crippen LogP contribution in [0, 0.1) is 0 Å². The van der Waals surface area contributed by atoms with E-state index in [1.807, 2.05) is 36.4 Å². The number of hydrogen-bond acceptors (Lipinski definition) is 7.